The van der Waals surface area contributed by atoms with Crippen molar-refractivity contribution < 1.29 is 14.7 Å². The van der Waals surface area contributed by atoms with Crippen LogP contribution in [-0.4, -0.2) is 16.9 Å². The monoisotopic (exact) mass is 216 g/mol. The summed E-state index contributed by atoms with van der Waals surface area (Å²) < 4.78 is 0. The van der Waals surface area contributed by atoms with E-state index in [1.54, 1.807) is 12.1 Å². The largest absolute Gasteiger partial charge is 0.478 e. The highest BCUT2D eigenvalue weighted by Crippen LogP contribution is 2.22. The van der Waals surface area contributed by atoms with Crippen molar-refractivity contribution >= 4 is 11.8 Å². The lowest BCUT2D eigenvalue weighted by molar-refractivity contribution is 0.0696. The molecule has 16 heavy (non-hydrogen) atoms. The zero-order valence-corrected chi connectivity index (χ0v) is 8.72. The number of ketones is 1. The molecule has 3 heteroatoms. The Bertz CT molecular complexity index is 443. The van der Waals surface area contributed by atoms with Crippen LogP contribution in [0.25, 0.3) is 0 Å². The normalized spacial score (nSPS) is 17.9. The highest BCUT2D eigenvalue weighted by atomic mass is 16.4. The molecular formula is C13H12O3. The first-order valence-electron chi connectivity index (χ1n) is 5.20. The van der Waals surface area contributed by atoms with Gasteiger partial charge in [-0.2, -0.15) is 0 Å². The predicted molar refractivity (Wildman–Crippen MR) is 59.6 cm³/mol. The van der Waals surface area contributed by atoms with Crippen molar-refractivity contribution in [3.63, 3.8) is 0 Å². The Morgan fingerprint density at radius 1 is 1.19 bits per heavy atom. The highest BCUT2D eigenvalue weighted by molar-refractivity contribution is 5.97. The van der Waals surface area contributed by atoms with Gasteiger partial charge in [-0.05, 0) is 24.5 Å². The second-order valence-corrected chi connectivity index (χ2v) is 3.93. The summed E-state index contributed by atoms with van der Waals surface area (Å²) >= 11 is 0. The lowest BCUT2D eigenvalue weighted by Crippen LogP contribution is -2.10. The fourth-order valence-corrected chi connectivity index (χ4v) is 1.63. The van der Waals surface area contributed by atoms with Crippen molar-refractivity contribution in [2.24, 2.45) is 5.92 Å². The van der Waals surface area contributed by atoms with E-state index in [4.69, 9.17) is 5.11 Å². The van der Waals surface area contributed by atoms with Crippen LogP contribution in [0.5, 0.6) is 0 Å². The van der Waals surface area contributed by atoms with E-state index in [0.717, 1.165) is 6.42 Å². The molecule has 1 N–H and O–H groups in total. The lowest BCUT2D eigenvalue weighted by atomic mass is 9.88. The Balaban J connectivity index is 2.05. The molecule has 1 aromatic rings. The van der Waals surface area contributed by atoms with Gasteiger partial charge in [-0.1, -0.05) is 24.3 Å². The molecule has 0 saturated carbocycles. The first-order valence-corrected chi connectivity index (χ1v) is 5.20. The molecule has 1 aliphatic rings. The third kappa shape index (κ3) is 2.19. The van der Waals surface area contributed by atoms with Gasteiger partial charge in [0.05, 0.1) is 5.56 Å². The van der Waals surface area contributed by atoms with E-state index in [1.165, 1.54) is 12.1 Å². The molecule has 0 bridgehead atoms. The van der Waals surface area contributed by atoms with Crippen LogP contribution in [-0.2, 0) is 0 Å². The summed E-state index contributed by atoms with van der Waals surface area (Å²) in [6.07, 6.45) is 5.57. The number of aromatic carboxylic acids is 1. The molecule has 0 aliphatic heterocycles. The number of allylic oxidation sites excluding steroid dienone is 2. The summed E-state index contributed by atoms with van der Waals surface area (Å²) in [6, 6.07) is 6.08. The quantitative estimate of drug-likeness (QED) is 0.621. The van der Waals surface area contributed by atoms with E-state index in [1.807, 2.05) is 12.2 Å². The summed E-state index contributed by atoms with van der Waals surface area (Å²) in [5.74, 6) is -0.529. The smallest absolute Gasteiger partial charge is 0.335 e. The number of carboxylic acids is 1. The summed E-state index contributed by atoms with van der Waals surface area (Å²) in [4.78, 5) is 22.4. The van der Waals surface area contributed by atoms with Crippen molar-refractivity contribution in [3.05, 3.63) is 47.5 Å². The van der Waals surface area contributed by atoms with Crippen LogP contribution < -0.4 is 0 Å². The highest BCUT2D eigenvalue weighted by Gasteiger charge is 2.16. The average Bonchev–Trinajstić information content (AvgIpc) is 2.23. The third-order valence-corrected chi connectivity index (χ3v) is 2.75. The van der Waals surface area contributed by atoms with Crippen LogP contribution in [0.15, 0.2) is 36.4 Å². The SMILES string of the molecule is O=C(O)c1ccc(C(=O)CC2C=CC2)cc1. The maximum Gasteiger partial charge on any atom is 0.335 e. The molecule has 0 fully saturated rings. The van der Waals surface area contributed by atoms with Gasteiger partial charge in [0, 0.05) is 12.0 Å². The van der Waals surface area contributed by atoms with Gasteiger partial charge in [-0.3, -0.25) is 4.79 Å². The maximum absolute atomic E-state index is 11.7. The van der Waals surface area contributed by atoms with Gasteiger partial charge in [-0.25, -0.2) is 4.79 Å². The van der Waals surface area contributed by atoms with E-state index in [0.29, 0.717) is 17.9 Å². The van der Waals surface area contributed by atoms with Gasteiger partial charge in [0.25, 0.3) is 0 Å². The van der Waals surface area contributed by atoms with Gasteiger partial charge >= 0.3 is 5.97 Å². The molecule has 0 heterocycles. The molecule has 0 spiro atoms. The number of hydrogen-bond donors (Lipinski definition) is 1. The molecule has 1 unspecified atom stereocenters. The second-order valence-electron chi connectivity index (χ2n) is 3.93. The minimum atomic E-state index is -0.971. The molecule has 2 rings (SSSR count). The van der Waals surface area contributed by atoms with Crippen molar-refractivity contribution in [1.82, 2.24) is 0 Å². The fraction of sp³-hybridized carbons (Fsp3) is 0.231. The maximum atomic E-state index is 11.7. The van der Waals surface area contributed by atoms with E-state index >= 15 is 0 Å². The molecule has 0 saturated heterocycles. The average molecular weight is 216 g/mol. The summed E-state index contributed by atoms with van der Waals surface area (Å²) in [7, 11) is 0. The van der Waals surface area contributed by atoms with Gasteiger partial charge in [0.15, 0.2) is 5.78 Å². The summed E-state index contributed by atoms with van der Waals surface area (Å²) in [6.45, 7) is 0. The molecule has 0 aromatic heterocycles. The van der Waals surface area contributed by atoms with Crippen molar-refractivity contribution in [2.75, 3.05) is 0 Å². The molecule has 82 valence electrons. The molecule has 3 nitrogen and oxygen atoms in total. The molecular weight excluding hydrogens is 204 g/mol. The van der Waals surface area contributed by atoms with Crippen LogP contribution in [0, 0.1) is 5.92 Å². The number of Topliss-reactive ketones (excluding diaryl/α,β-unsaturated/α-hetero) is 1. The minimum Gasteiger partial charge on any atom is -0.478 e. The number of carbonyl (C=O) groups is 2. The molecule has 1 aromatic carbocycles. The Morgan fingerprint density at radius 3 is 2.19 bits per heavy atom. The molecule has 1 aliphatic carbocycles. The fourth-order valence-electron chi connectivity index (χ4n) is 1.63. The Labute approximate surface area is 93.4 Å². The molecule has 0 radical (unpaired) electrons. The standard InChI is InChI=1S/C13H12O3/c14-12(8-9-2-1-3-9)10-4-6-11(7-5-10)13(15)16/h1-2,4-7,9H,3,8H2,(H,15,16). The van der Waals surface area contributed by atoms with Crippen LogP contribution in [0.1, 0.15) is 33.6 Å². The van der Waals surface area contributed by atoms with Crippen molar-refractivity contribution in [3.8, 4) is 0 Å². The Kier molecular flexibility index (Phi) is 2.86. The minimum absolute atomic E-state index is 0.0753. The van der Waals surface area contributed by atoms with Crippen LogP contribution in [0.2, 0.25) is 0 Å². The molecule has 1 atom stereocenters. The van der Waals surface area contributed by atoms with Crippen molar-refractivity contribution in [1.29, 1.82) is 0 Å². The number of hydrogen-bond acceptors (Lipinski definition) is 2. The zero-order chi connectivity index (χ0) is 11.5. The Hall–Kier alpha value is -1.90. The second kappa shape index (κ2) is 4.31. The van der Waals surface area contributed by atoms with Gasteiger partial charge < -0.3 is 5.11 Å². The molecule has 0 amide bonds. The first-order chi connectivity index (χ1) is 7.66. The number of benzene rings is 1. The first kappa shape index (κ1) is 10.6. The van der Waals surface area contributed by atoms with Crippen LogP contribution in [0.3, 0.4) is 0 Å². The van der Waals surface area contributed by atoms with E-state index in [2.05, 4.69) is 0 Å². The van der Waals surface area contributed by atoms with Crippen LogP contribution >= 0.6 is 0 Å². The van der Waals surface area contributed by atoms with E-state index < -0.39 is 5.97 Å². The van der Waals surface area contributed by atoms with E-state index in [9.17, 15) is 9.59 Å². The number of rotatable bonds is 4. The van der Waals surface area contributed by atoms with Gasteiger partial charge in [0.1, 0.15) is 0 Å². The van der Waals surface area contributed by atoms with Gasteiger partial charge in [-0.15, -0.1) is 0 Å². The summed E-state index contributed by atoms with van der Waals surface area (Å²) in [5, 5.41) is 8.71. The van der Waals surface area contributed by atoms with Gasteiger partial charge in [0.2, 0.25) is 0 Å². The lowest BCUT2D eigenvalue weighted by Gasteiger charge is -2.16. The zero-order valence-electron chi connectivity index (χ0n) is 8.72. The van der Waals surface area contributed by atoms with E-state index in [-0.39, 0.29) is 11.3 Å². The Morgan fingerprint density at radius 2 is 1.75 bits per heavy atom. The predicted octanol–water partition coefficient (Wildman–Crippen LogP) is 2.53. The van der Waals surface area contributed by atoms with Crippen molar-refractivity contribution in [2.45, 2.75) is 12.8 Å². The summed E-state index contributed by atoms with van der Waals surface area (Å²) in [5.41, 5.74) is 0.797. The number of carbonyl (C=O) groups excluding carboxylic acids is 1. The topological polar surface area (TPSA) is 54.4 Å². The number of carboxylic acid groups (broad SMARTS) is 1. The third-order valence-electron chi connectivity index (χ3n) is 2.75. The van der Waals surface area contributed by atoms with Crippen LogP contribution in [0.4, 0.5) is 0 Å².